The Morgan fingerprint density at radius 3 is 2.62 bits per heavy atom. The molecule has 1 N–H and O–H groups in total. The van der Waals surface area contributed by atoms with E-state index in [-0.39, 0.29) is 11.6 Å². The zero-order chi connectivity index (χ0) is 12.2. The molecule has 0 aliphatic heterocycles. The summed E-state index contributed by atoms with van der Waals surface area (Å²) in [5, 5.41) is 3.91. The fraction of sp³-hybridized carbons (Fsp3) is 0.917. The molecule has 0 aromatic heterocycles. The Kier molecular flexibility index (Phi) is 5.12. The molecule has 16 heavy (non-hydrogen) atoms. The van der Waals surface area contributed by atoms with E-state index in [0.717, 1.165) is 0 Å². The molecule has 0 bridgehead atoms. The highest BCUT2D eigenvalue weighted by molar-refractivity contribution is 8.00. The van der Waals surface area contributed by atoms with Crippen LogP contribution in [0.1, 0.15) is 40.0 Å². The quantitative estimate of drug-likeness (QED) is 0.771. The molecule has 3 nitrogen and oxygen atoms in total. The second-order valence-electron chi connectivity index (χ2n) is 5.32. The molecular formula is C12H23NO2S. The third kappa shape index (κ3) is 5.21. The van der Waals surface area contributed by atoms with Crippen LogP contribution in [-0.2, 0) is 9.53 Å². The van der Waals surface area contributed by atoms with Gasteiger partial charge in [0.05, 0.1) is 5.75 Å². The third-order valence-electron chi connectivity index (χ3n) is 2.65. The SMILES string of the molecule is CNC1CCC(SCC(=O)OC(C)(C)C)C1. The van der Waals surface area contributed by atoms with Gasteiger partial charge < -0.3 is 10.1 Å². The highest BCUT2D eigenvalue weighted by atomic mass is 32.2. The van der Waals surface area contributed by atoms with Crippen molar-refractivity contribution in [3.8, 4) is 0 Å². The topological polar surface area (TPSA) is 38.3 Å². The van der Waals surface area contributed by atoms with Crippen LogP contribution >= 0.6 is 11.8 Å². The molecule has 0 spiro atoms. The Bertz CT molecular complexity index is 238. The largest absolute Gasteiger partial charge is 0.459 e. The average molecular weight is 245 g/mol. The maximum absolute atomic E-state index is 11.5. The van der Waals surface area contributed by atoms with Gasteiger partial charge in [0.15, 0.2) is 0 Å². The first-order valence-electron chi connectivity index (χ1n) is 5.91. The lowest BCUT2D eigenvalue weighted by molar-refractivity contribution is -0.151. The van der Waals surface area contributed by atoms with Crippen molar-refractivity contribution in [3.63, 3.8) is 0 Å². The highest BCUT2D eigenvalue weighted by Crippen LogP contribution is 2.29. The first kappa shape index (κ1) is 13.8. The van der Waals surface area contributed by atoms with Gasteiger partial charge in [-0.2, -0.15) is 0 Å². The fourth-order valence-electron chi connectivity index (χ4n) is 1.91. The van der Waals surface area contributed by atoms with Crippen molar-refractivity contribution in [3.05, 3.63) is 0 Å². The number of carbonyl (C=O) groups is 1. The van der Waals surface area contributed by atoms with Crippen molar-refractivity contribution in [2.24, 2.45) is 0 Å². The first-order valence-corrected chi connectivity index (χ1v) is 6.96. The summed E-state index contributed by atoms with van der Waals surface area (Å²) < 4.78 is 5.28. The van der Waals surface area contributed by atoms with E-state index in [2.05, 4.69) is 5.32 Å². The molecule has 0 aromatic rings. The summed E-state index contributed by atoms with van der Waals surface area (Å²) in [6.07, 6.45) is 3.60. The molecule has 1 saturated carbocycles. The molecule has 2 atom stereocenters. The maximum atomic E-state index is 11.5. The fourth-order valence-corrected chi connectivity index (χ4v) is 3.01. The Morgan fingerprint density at radius 1 is 1.44 bits per heavy atom. The maximum Gasteiger partial charge on any atom is 0.316 e. The number of thioether (sulfide) groups is 1. The molecule has 0 aromatic carbocycles. The Labute approximate surface area is 103 Å². The second kappa shape index (κ2) is 5.92. The Balaban J connectivity index is 2.18. The Hall–Kier alpha value is -0.220. The van der Waals surface area contributed by atoms with Crippen LogP contribution < -0.4 is 5.32 Å². The first-order chi connectivity index (χ1) is 7.40. The van der Waals surface area contributed by atoms with Gasteiger partial charge in [-0.1, -0.05) is 0 Å². The second-order valence-corrected chi connectivity index (χ2v) is 6.61. The van der Waals surface area contributed by atoms with Crippen molar-refractivity contribution in [1.82, 2.24) is 5.32 Å². The van der Waals surface area contributed by atoms with Crippen molar-refractivity contribution in [1.29, 1.82) is 0 Å². The van der Waals surface area contributed by atoms with Gasteiger partial charge in [0.1, 0.15) is 5.60 Å². The zero-order valence-electron chi connectivity index (χ0n) is 10.7. The van der Waals surface area contributed by atoms with Crippen LogP contribution in [0.4, 0.5) is 0 Å². The van der Waals surface area contributed by atoms with Crippen molar-refractivity contribution in [2.75, 3.05) is 12.8 Å². The lowest BCUT2D eigenvalue weighted by Crippen LogP contribution is -2.25. The summed E-state index contributed by atoms with van der Waals surface area (Å²) in [4.78, 5) is 11.5. The zero-order valence-corrected chi connectivity index (χ0v) is 11.5. The molecule has 0 saturated heterocycles. The summed E-state index contributed by atoms with van der Waals surface area (Å²) in [7, 11) is 2.01. The standard InChI is InChI=1S/C12H23NO2S/c1-12(2,3)15-11(14)8-16-10-6-5-9(7-10)13-4/h9-10,13H,5-8H2,1-4H3. The van der Waals surface area contributed by atoms with E-state index in [4.69, 9.17) is 4.74 Å². The monoisotopic (exact) mass is 245 g/mol. The van der Waals surface area contributed by atoms with E-state index >= 15 is 0 Å². The van der Waals surface area contributed by atoms with Crippen LogP contribution in [0.15, 0.2) is 0 Å². The number of hydrogen-bond acceptors (Lipinski definition) is 4. The summed E-state index contributed by atoms with van der Waals surface area (Å²) in [6, 6.07) is 0.635. The molecule has 1 fully saturated rings. The molecule has 0 radical (unpaired) electrons. The molecule has 1 aliphatic rings. The van der Waals surface area contributed by atoms with Gasteiger partial charge >= 0.3 is 5.97 Å². The van der Waals surface area contributed by atoms with Gasteiger partial charge in [-0.25, -0.2) is 0 Å². The van der Waals surface area contributed by atoms with Crippen LogP contribution in [0.5, 0.6) is 0 Å². The average Bonchev–Trinajstić information content (AvgIpc) is 2.59. The lowest BCUT2D eigenvalue weighted by atomic mass is 10.2. The van der Waals surface area contributed by atoms with Crippen molar-refractivity contribution in [2.45, 2.75) is 56.9 Å². The van der Waals surface area contributed by atoms with Gasteiger partial charge in [0.25, 0.3) is 0 Å². The van der Waals surface area contributed by atoms with E-state index in [1.165, 1.54) is 19.3 Å². The minimum atomic E-state index is -0.360. The highest BCUT2D eigenvalue weighted by Gasteiger charge is 2.25. The molecule has 0 amide bonds. The van der Waals surface area contributed by atoms with Gasteiger partial charge in [0, 0.05) is 11.3 Å². The number of esters is 1. The molecule has 1 rings (SSSR count). The molecule has 94 valence electrons. The van der Waals surface area contributed by atoms with E-state index < -0.39 is 0 Å². The third-order valence-corrected chi connectivity index (χ3v) is 3.95. The molecule has 1 aliphatic carbocycles. The minimum absolute atomic E-state index is 0.0922. The van der Waals surface area contributed by atoms with E-state index in [1.54, 1.807) is 11.8 Å². The van der Waals surface area contributed by atoms with Crippen LogP contribution in [0.25, 0.3) is 0 Å². The van der Waals surface area contributed by atoms with Gasteiger partial charge in [-0.3, -0.25) is 4.79 Å². The molecular weight excluding hydrogens is 222 g/mol. The van der Waals surface area contributed by atoms with Crippen molar-refractivity contribution >= 4 is 17.7 Å². The number of hydrogen-bond donors (Lipinski definition) is 1. The van der Waals surface area contributed by atoms with Crippen LogP contribution in [0.2, 0.25) is 0 Å². The smallest absolute Gasteiger partial charge is 0.316 e. The predicted octanol–water partition coefficient (Wildman–Crippen LogP) is 2.20. The summed E-state index contributed by atoms with van der Waals surface area (Å²) >= 11 is 1.74. The summed E-state index contributed by atoms with van der Waals surface area (Å²) in [5.74, 6) is 0.392. The lowest BCUT2D eigenvalue weighted by Gasteiger charge is -2.20. The number of rotatable bonds is 4. The predicted molar refractivity (Wildman–Crippen MR) is 68.8 cm³/mol. The molecule has 4 heteroatoms. The van der Waals surface area contributed by atoms with Gasteiger partial charge in [0.2, 0.25) is 0 Å². The minimum Gasteiger partial charge on any atom is -0.459 e. The molecule has 0 heterocycles. The van der Waals surface area contributed by atoms with Crippen LogP contribution in [0.3, 0.4) is 0 Å². The number of ether oxygens (including phenoxy) is 1. The molecule has 2 unspecified atom stereocenters. The van der Waals surface area contributed by atoms with Gasteiger partial charge in [-0.05, 0) is 47.1 Å². The summed E-state index contributed by atoms with van der Waals surface area (Å²) in [5.41, 5.74) is -0.360. The number of nitrogens with one attached hydrogen (secondary N) is 1. The van der Waals surface area contributed by atoms with E-state index in [9.17, 15) is 4.79 Å². The summed E-state index contributed by atoms with van der Waals surface area (Å²) in [6.45, 7) is 5.71. The van der Waals surface area contributed by atoms with Gasteiger partial charge in [-0.15, -0.1) is 11.8 Å². The van der Waals surface area contributed by atoms with Crippen molar-refractivity contribution < 1.29 is 9.53 Å². The van der Waals surface area contributed by atoms with Crippen LogP contribution in [-0.4, -0.2) is 35.7 Å². The van der Waals surface area contributed by atoms with Crippen LogP contribution in [0, 0.1) is 0 Å². The number of carbonyl (C=O) groups excluding carboxylic acids is 1. The van der Waals surface area contributed by atoms with E-state index in [0.29, 0.717) is 17.0 Å². The normalized spacial score (nSPS) is 25.8. The Morgan fingerprint density at radius 2 is 2.12 bits per heavy atom. The van der Waals surface area contributed by atoms with E-state index in [1.807, 2.05) is 27.8 Å².